The van der Waals surface area contributed by atoms with Gasteiger partial charge in [0, 0.05) is 24.1 Å². The summed E-state index contributed by atoms with van der Waals surface area (Å²) in [5.74, 6) is 0. The minimum absolute atomic E-state index is 0.334. The van der Waals surface area contributed by atoms with Crippen molar-refractivity contribution < 1.29 is 0 Å². The second-order valence-corrected chi connectivity index (χ2v) is 4.55. The number of nitrogens with two attached hydrogens (primary N) is 1. The zero-order chi connectivity index (χ0) is 14.4. The van der Waals surface area contributed by atoms with Crippen LogP contribution in [0.3, 0.4) is 0 Å². The Hall–Kier alpha value is -2.54. The van der Waals surface area contributed by atoms with Gasteiger partial charge < -0.3 is 10.6 Å². The van der Waals surface area contributed by atoms with E-state index in [1.165, 1.54) is 0 Å². The molecule has 1 heterocycles. The first kappa shape index (κ1) is 13.9. The molecule has 0 unspecified atom stereocenters. The van der Waals surface area contributed by atoms with Crippen molar-refractivity contribution in [2.24, 2.45) is 0 Å². The van der Waals surface area contributed by atoms with E-state index >= 15 is 0 Å². The number of nitrogen functional groups attached to an aromatic ring is 1. The van der Waals surface area contributed by atoms with Gasteiger partial charge in [-0.2, -0.15) is 5.26 Å². The molecule has 4 heteroatoms. The third-order valence-corrected chi connectivity index (χ3v) is 3.22. The molecule has 0 aliphatic carbocycles. The maximum absolute atomic E-state index is 8.84. The minimum atomic E-state index is 0.334. The number of hydrogen-bond donors (Lipinski definition) is 1. The summed E-state index contributed by atoms with van der Waals surface area (Å²) in [7, 11) is 0. The Kier molecular flexibility index (Phi) is 4.56. The monoisotopic (exact) mass is 266 g/mol. The first-order valence-corrected chi connectivity index (χ1v) is 6.64. The summed E-state index contributed by atoms with van der Waals surface area (Å²) in [5.41, 5.74) is 9.53. The molecule has 0 bridgehead atoms. The lowest BCUT2D eigenvalue weighted by atomic mass is 10.1. The standard InChI is InChI=1S/C16H18N4/c1-2-20(12-14-5-3-4-10-19-14)15-6-7-16(18)13(11-15)8-9-17/h3-7,10-11H,2,8,12,18H2,1H3. The molecule has 2 rings (SSSR count). The molecule has 0 aliphatic rings. The van der Waals surface area contributed by atoms with E-state index in [9.17, 15) is 0 Å². The van der Waals surface area contributed by atoms with Gasteiger partial charge in [-0.05, 0) is 42.8 Å². The van der Waals surface area contributed by atoms with E-state index < -0.39 is 0 Å². The van der Waals surface area contributed by atoms with Crippen LogP contribution in [-0.2, 0) is 13.0 Å². The van der Waals surface area contributed by atoms with Gasteiger partial charge in [0.25, 0.3) is 0 Å². The van der Waals surface area contributed by atoms with Crippen molar-refractivity contribution in [2.45, 2.75) is 19.9 Å². The van der Waals surface area contributed by atoms with Crippen molar-refractivity contribution >= 4 is 11.4 Å². The molecule has 0 saturated heterocycles. The lowest BCUT2D eigenvalue weighted by Gasteiger charge is -2.23. The van der Waals surface area contributed by atoms with E-state index in [1.807, 2.05) is 36.4 Å². The highest BCUT2D eigenvalue weighted by Gasteiger charge is 2.08. The van der Waals surface area contributed by atoms with Crippen molar-refractivity contribution in [1.29, 1.82) is 5.26 Å². The Bertz CT molecular complexity index is 602. The molecule has 0 spiro atoms. The molecule has 0 amide bonds. The van der Waals surface area contributed by atoms with Crippen molar-refractivity contribution in [3.05, 3.63) is 53.9 Å². The van der Waals surface area contributed by atoms with E-state index in [0.29, 0.717) is 12.1 Å². The lowest BCUT2D eigenvalue weighted by molar-refractivity contribution is 0.809. The van der Waals surface area contributed by atoms with Gasteiger partial charge in [-0.15, -0.1) is 0 Å². The van der Waals surface area contributed by atoms with Crippen LogP contribution in [0.15, 0.2) is 42.6 Å². The SMILES string of the molecule is CCN(Cc1ccccn1)c1ccc(N)c(CC#N)c1. The Morgan fingerprint density at radius 2 is 2.15 bits per heavy atom. The minimum Gasteiger partial charge on any atom is -0.398 e. The molecule has 0 fully saturated rings. The maximum atomic E-state index is 8.84. The Morgan fingerprint density at radius 3 is 2.80 bits per heavy atom. The summed E-state index contributed by atoms with van der Waals surface area (Å²) in [4.78, 5) is 6.56. The van der Waals surface area contributed by atoms with Crippen LogP contribution in [0, 0.1) is 11.3 Å². The number of benzene rings is 1. The molecule has 2 aromatic rings. The van der Waals surface area contributed by atoms with Crippen LogP contribution >= 0.6 is 0 Å². The predicted octanol–water partition coefficient (Wildman–Crippen LogP) is 2.76. The van der Waals surface area contributed by atoms with Crippen molar-refractivity contribution in [2.75, 3.05) is 17.2 Å². The van der Waals surface area contributed by atoms with Crippen LogP contribution in [0.5, 0.6) is 0 Å². The van der Waals surface area contributed by atoms with Crippen LogP contribution < -0.4 is 10.6 Å². The van der Waals surface area contributed by atoms with Crippen LogP contribution in [0.2, 0.25) is 0 Å². The Morgan fingerprint density at radius 1 is 1.30 bits per heavy atom. The van der Waals surface area contributed by atoms with Gasteiger partial charge in [-0.3, -0.25) is 4.98 Å². The number of nitrogens with zero attached hydrogens (tertiary/aromatic N) is 3. The van der Waals surface area contributed by atoms with Gasteiger partial charge in [0.15, 0.2) is 0 Å². The van der Waals surface area contributed by atoms with E-state index in [-0.39, 0.29) is 0 Å². The molecular formula is C16H18N4. The first-order valence-electron chi connectivity index (χ1n) is 6.64. The van der Waals surface area contributed by atoms with Crippen LogP contribution in [0.4, 0.5) is 11.4 Å². The quantitative estimate of drug-likeness (QED) is 0.845. The topological polar surface area (TPSA) is 65.9 Å². The van der Waals surface area contributed by atoms with Crippen LogP contribution in [0.25, 0.3) is 0 Å². The Labute approximate surface area is 119 Å². The number of aromatic nitrogens is 1. The highest BCUT2D eigenvalue weighted by atomic mass is 15.1. The van der Waals surface area contributed by atoms with E-state index in [4.69, 9.17) is 11.0 Å². The Balaban J connectivity index is 2.23. The van der Waals surface area contributed by atoms with E-state index in [0.717, 1.165) is 30.0 Å². The van der Waals surface area contributed by atoms with Crippen molar-refractivity contribution in [1.82, 2.24) is 4.98 Å². The summed E-state index contributed by atoms with van der Waals surface area (Å²) in [6.45, 7) is 3.71. The van der Waals surface area contributed by atoms with Crippen molar-refractivity contribution in [3.63, 3.8) is 0 Å². The molecular weight excluding hydrogens is 248 g/mol. The number of pyridine rings is 1. The summed E-state index contributed by atoms with van der Waals surface area (Å²) < 4.78 is 0. The molecule has 102 valence electrons. The third-order valence-electron chi connectivity index (χ3n) is 3.22. The summed E-state index contributed by atoms with van der Waals surface area (Å²) in [6.07, 6.45) is 2.13. The van der Waals surface area contributed by atoms with Gasteiger partial charge in [0.1, 0.15) is 0 Å². The van der Waals surface area contributed by atoms with Gasteiger partial charge in [-0.1, -0.05) is 6.07 Å². The third kappa shape index (κ3) is 3.27. The lowest BCUT2D eigenvalue weighted by Crippen LogP contribution is -2.22. The maximum Gasteiger partial charge on any atom is 0.0670 e. The number of hydrogen-bond acceptors (Lipinski definition) is 4. The average molecular weight is 266 g/mol. The smallest absolute Gasteiger partial charge is 0.0670 e. The molecule has 0 aliphatic heterocycles. The largest absolute Gasteiger partial charge is 0.398 e. The summed E-state index contributed by atoms with van der Waals surface area (Å²) in [6, 6.07) is 13.9. The second-order valence-electron chi connectivity index (χ2n) is 4.55. The molecule has 4 nitrogen and oxygen atoms in total. The fraction of sp³-hybridized carbons (Fsp3) is 0.250. The molecule has 0 atom stereocenters. The zero-order valence-corrected chi connectivity index (χ0v) is 11.6. The molecule has 20 heavy (non-hydrogen) atoms. The first-order chi connectivity index (χ1) is 9.74. The van der Waals surface area contributed by atoms with E-state index in [2.05, 4.69) is 22.9 Å². The van der Waals surface area contributed by atoms with Gasteiger partial charge in [0.05, 0.1) is 24.7 Å². The number of anilines is 2. The molecule has 2 N–H and O–H groups in total. The molecule has 1 aromatic heterocycles. The number of rotatable bonds is 5. The molecule has 0 saturated carbocycles. The van der Waals surface area contributed by atoms with Crippen molar-refractivity contribution in [3.8, 4) is 6.07 Å². The fourth-order valence-electron chi connectivity index (χ4n) is 2.10. The van der Waals surface area contributed by atoms with Crippen LogP contribution in [0.1, 0.15) is 18.2 Å². The van der Waals surface area contributed by atoms with Gasteiger partial charge >= 0.3 is 0 Å². The van der Waals surface area contributed by atoms with Gasteiger partial charge in [-0.25, -0.2) is 0 Å². The zero-order valence-electron chi connectivity index (χ0n) is 11.6. The van der Waals surface area contributed by atoms with E-state index in [1.54, 1.807) is 6.20 Å². The highest BCUT2D eigenvalue weighted by Crippen LogP contribution is 2.22. The molecule has 1 aromatic carbocycles. The second kappa shape index (κ2) is 6.58. The summed E-state index contributed by atoms with van der Waals surface area (Å²) in [5, 5.41) is 8.84. The fourth-order valence-corrected chi connectivity index (χ4v) is 2.10. The normalized spacial score (nSPS) is 10.0. The predicted molar refractivity (Wildman–Crippen MR) is 81.1 cm³/mol. The van der Waals surface area contributed by atoms with Gasteiger partial charge in [0.2, 0.25) is 0 Å². The van der Waals surface area contributed by atoms with Crippen LogP contribution in [-0.4, -0.2) is 11.5 Å². The average Bonchev–Trinajstić information content (AvgIpc) is 2.48. The number of nitriles is 1. The molecule has 0 radical (unpaired) electrons. The highest BCUT2D eigenvalue weighted by molar-refractivity contribution is 5.59. The summed E-state index contributed by atoms with van der Waals surface area (Å²) >= 11 is 0.